The van der Waals surface area contributed by atoms with Gasteiger partial charge < -0.3 is 15.0 Å². The predicted octanol–water partition coefficient (Wildman–Crippen LogP) is 3.71. The van der Waals surface area contributed by atoms with Crippen LogP contribution in [0.2, 0.25) is 0 Å². The number of hydrogen-bond donors (Lipinski definition) is 2. The van der Waals surface area contributed by atoms with Crippen molar-refractivity contribution in [1.29, 1.82) is 0 Å². The summed E-state index contributed by atoms with van der Waals surface area (Å²) >= 11 is 0. The highest BCUT2D eigenvalue weighted by Gasteiger charge is 2.12. The van der Waals surface area contributed by atoms with E-state index >= 15 is 0 Å². The Morgan fingerprint density at radius 1 is 1.14 bits per heavy atom. The van der Waals surface area contributed by atoms with E-state index in [4.69, 9.17) is 0 Å². The minimum atomic E-state index is -0.351. The molecule has 1 heterocycles. The minimum absolute atomic E-state index is 0.160. The standard InChI is InChI=1S/C17H22N2O2/c1-17(2,3)12-5-7-13(8-6-12)18-11-14-9-10-15(19-14)16(20)21-4/h5-10,18-19H,11H2,1-4H3. The summed E-state index contributed by atoms with van der Waals surface area (Å²) in [6.07, 6.45) is 0. The molecule has 0 amide bonds. The second-order valence-electron chi connectivity index (χ2n) is 6.07. The maximum Gasteiger partial charge on any atom is 0.354 e. The maximum atomic E-state index is 11.4. The minimum Gasteiger partial charge on any atom is -0.464 e. The summed E-state index contributed by atoms with van der Waals surface area (Å²) in [6, 6.07) is 12.0. The largest absolute Gasteiger partial charge is 0.464 e. The van der Waals surface area contributed by atoms with Crippen LogP contribution in [0.25, 0.3) is 0 Å². The van der Waals surface area contributed by atoms with Gasteiger partial charge in [0.25, 0.3) is 0 Å². The molecule has 2 N–H and O–H groups in total. The van der Waals surface area contributed by atoms with Crippen molar-refractivity contribution < 1.29 is 9.53 Å². The smallest absolute Gasteiger partial charge is 0.354 e. The van der Waals surface area contributed by atoms with Crippen molar-refractivity contribution in [2.45, 2.75) is 32.7 Å². The lowest BCUT2D eigenvalue weighted by Crippen LogP contribution is -2.10. The fourth-order valence-electron chi connectivity index (χ4n) is 2.06. The first-order valence-corrected chi connectivity index (χ1v) is 7.01. The fraction of sp³-hybridized carbons (Fsp3) is 0.353. The average molecular weight is 286 g/mol. The Hall–Kier alpha value is -2.23. The number of methoxy groups -OCH3 is 1. The molecule has 0 aliphatic heterocycles. The van der Waals surface area contributed by atoms with Gasteiger partial charge in [-0.25, -0.2) is 4.79 Å². The van der Waals surface area contributed by atoms with Gasteiger partial charge in [0.15, 0.2) is 0 Å². The molecule has 21 heavy (non-hydrogen) atoms. The van der Waals surface area contributed by atoms with Crippen LogP contribution in [-0.4, -0.2) is 18.1 Å². The van der Waals surface area contributed by atoms with E-state index in [1.54, 1.807) is 6.07 Å². The highest BCUT2D eigenvalue weighted by Crippen LogP contribution is 2.23. The van der Waals surface area contributed by atoms with Gasteiger partial charge in [0.05, 0.1) is 13.7 Å². The third kappa shape index (κ3) is 3.88. The predicted molar refractivity (Wildman–Crippen MR) is 84.6 cm³/mol. The molecule has 0 atom stereocenters. The van der Waals surface area contributed by atoms with E-state index in [0.29, 0.717) is 12.2 Å². The van der Waals surface area contributed by atoms with Gasteiger partial charge >= 0.3 is 5.97 Å². The molecule has 0 spiro atoms. The quantitative estimate of drug-likeness (QED) is 0.842. The molecular formula is C17H22N2O2. The van der Waals surface area contributed by atoms with Gasteiger partial charge in [-0.15, -0.1) is 0 Å². The van der Waals surface area contributed by atoms with Crippen molar-refractivity contribution in [3.8, 4) is 0 Å². The SMILES string of the molecule is COC(=O)c1ccc(CNc2ccc(C(C)(C)C)cc2)[nH]1. The first kappa shape index (κ1) is 15.2. The molecule has 4 heteroatoms. The highest BCUT2D eigenvalue weighted by atomic mass is 16.5. The molecule has 0 fully saturated rings. The average Bonchev–Trinajstić information content (AvgIpc) is 2.92. The molecule has 0 aliphatic rings. The lowest BCUT2D eigenvalue weighted by molar-refractivity contribution is 0.0594. The van der Waals surface area contributed by atoms with Crippen LogP contribution in [0.4, 0.5) is 5.69 Å². The summed E-state index contributed by atoms with van der Waals surface area (Å²) in [5, 5.41) is 3.33. The van der Waals surface area contributed by atoms with Crippen molar-refractivity contribution in [1.82, 2.24) is 4.98 Å². The van der Waals surface area contributed by atoms with Crippen molar-refractivity contribution >= 4 is 11.7 Å². The second-order valence-corrected chi connectivity index (χ2v) is 6.07. The monoisotopic (exact) mass is 286 g/mol. The van der Waals surface area contributed by atoms with Gasteiger partial charge in [0.2, 0.25) is 0 Å². The molecule has 1 aromatic heterocycles. The third-order valence-corrected chi connectivity index (χ3v) is 3.39. The number of rotatable bonds is 4. The Morgan fingerprint density at radius 3 is 2.38 bits per heavy atom. The van der Waals surface area contributed by atoms with Crippen LogP contribution in [0.1, 0.15) is 42.5 Å². The van der Waals surface area contributed by atoms with Crippen LogP contribution in [0, 0.1) is 0 Å². The molecule has 0 bridgehead atoms. The number of nitrogens with one attached hydrogen (secondary N) is 2. The zero-order valence-electron chi connectivity index (χ0n) is 13.0. The van der Waals surface area contributed by atoms with Crippen LogP contribution < -0.4 is 5.32 Å². The summed E-state index contributed by atoms with van der Waals surface area (Å²) < 4.78 is 4.67. The molecule has 2 rings (SSSR count). The van der Waals surface area contributed by atoms with Gasteiger partial charge in [0, 0.05) is 11.4 Å². The number of hydrogen-bond acceptors (Lipinski definition) is 3. The molecule has 0 saturated heterocycles. The number of carbonyl (C=O) groups is 1. The van der Waals surface area contributed by atoms with Crippen molar-refractivity contribution in [2.75, 3.05) is 12.4 Å². The third-order valence-electron chi connectivity index (χ3n) is 3.39. The Labute approximate surface area is 125 Å². The number of esters is 1. The molecule has 0 aliphatic carbocycles. The number of ether oxygens (including phenoxy) is 1. The summed E-state index contributed by atoms with van der Waals surface area (Å²) in [4.78, 5) is 14.4. The van der Waals surface area contributed by atoms with E-state index in [2.05, 4.69) is 60.1 Å². The second kappa shape index (κ2) is 6.04. The van der Waals surface area contributed by atoms with Crippen molar-refractivity contribution in [3.05, 3.63) is 53.3 Å². The zero-order valence-corrected chi connectivity index (χ0v) is 13.0. The summed E-state index contributed by atoms with van der Waals surface area (Å²) in [6.45, 7) is 7.22. The number of benzene rings is 1. The van der Waals surface area contributed by atoms with E-state index in [0.717, 1.165) is 11.4 Å². The van der Waals surface area contributed by atoms with Crippen LogP contribution >= 0.6 is 0 Å². The van der Waals surface area contributed by atoms with E-state index in [9.17, 15) is 4.79 Å². The Bertz CT molecular complexity index is 606. The van der Waals surface area contributed by atoms with Gasteiger partial charge in [0.1, 0.15) is 5.69 Å². The molecule has 0 saturated carbocycles. The maximum absolute atomic E-state index is 11.4. The number of aromatic amines is 1. The Morgan fingerprint density at radius 2 is 1.81 bits per heavy atom. The lowest BCUT2D eigenvalue weighted by Gasteiger charge is -2.19. The fourth-order valence-corrected chi connectivity index (χ4v) is 2.06. The van der Waals surface area contributed by atoms with E-state index in [-0.39, 0.29) is 11.4 Å². The number of carbonyl (C=O) groups excluding carboxylic acids is 1. The molecule has 2 aromatic rings. The first-order valence-electron chi connectivity index (χ1n) is 7.01. The summed E-state index contributed by atoms with van der Waals surface area (Å²) in [7, 11) is 1.37. The van der Waals surface area contributed by atoms with Gasteiger partial charge in [-0.1, -0.05) is 32.9 Å². The van der Waals surface area contributed by atoms with Crippen molar-refractivity contribution in [2.24, 2.45) is 0 Å². The van der Waals surface area contributed by atoms with Crippen LogP contribution in [-0.2, 0) is 16.7 Å². The van der Waals surface area contributed by atoms with E-state index in [1.165, 1.54) is 12.7 Å². The van der Waals surface area contributed by atoms with Gasteiger partial charge in [-0.2, -0.15) is 0 Å². The molecule has 0 radical (unpaired) electrons. The molecule has 1 aromatic carbocycles. The van der Waals surface area contributed by atoms with E-state index < -0.39 is 0 Å². The van der Waals surface area contributed by atoms with Crippen LogP contribution in [0.15, 0.2) is 36.4 Å². The number of aromatic nitrogens is 1. The topological polar surface area (TPSA) is 54.1 Å². The number of anilines is 1. The van der Waals surface area contributed by atoms with Crippen LogP contribution in [0.3, 0.4) is 0 Å². The lowest BCUT2D eigenvalue weighted by atomic mass is 9.87. The van der Waals surface area contributed by atoms with Crippen molar-refractivity contribution in [3.63, 3.8) is 0 Å². The van der Waals surface area contributed by atoms with Gasteiger partial charge in [-0.05, 0) is 35.2 Å². The van der Waals surface area contributed by atoms with E-state index in [1.807, 2.05) is 6.07 Å². The normalized spacial score (nSPS) is 11.2. The zero-order chi connectivity index (χ0) is 15.5. The Balaban J connectivity index is 1.97. The summed E-state index contributed by atoms with van der Waals surface area (Å²) in [5.41, 5.74) is 3.93. The molecular weight excluding hydrogens is 264 g/mol. The first-order chi connectivity index (χ1) is 9.90. The summed E-state index contributed by atoms with van der Waals surface area (Å²) in [5.74, 6) is -0.351. The Kier molecular flexibility index (Phi) is 4.36. The number of H-pyrrole nitrogens is 1. The van der Waals surface area contributed by atoms with Gasteiger partial charge in [-0.3, -0.25) is 0 Å². The highest BCUT2D eigenvalue weighted by molar-refractivity contribution is 5.87. The molecule has 4 nitrogen and oxygen atoms in total. The molecule has 0 unspecified atom stereocenters. The molecule has 112 valence electrons. The van der Waals surface area contributed by atoms with Crippen LogP contribution in [0.5, 0.6) is 0 Å².